The van der Waals surface area contributed by atoms with Gasteiger partial charge in [-0.25, -0.2) is 9.59 Å². The molecular formula is C37H42ClF3N8O3. The van der Waals surface area contributed by atoms with Crippen molar-refractivity contribution >= 4 is 45.9 Å². The number of para-hydroxylation sites is 1. The van der Waals surface area contributed by atoms with Crippen LogP contribution in [0.2, 0.25) is 5.02 Å². The van der Waals surface area contributed by atoms with E-state index >= 15 is 0 Å². The van der Waals surface area contributed by atoms with E-state index in [9.17, 15) is 27.6 Å². The van der Waals surface area contributed by atoms with Crippen molar-refractivity contribution in [3.8, 4) is 0 Å². The van der Waals surface area contributed by atoms with Crippen LogP contribution in [0.4, 0.5) is 29.3 Å². The zero-order chi connectivity index (χ0) is 36.6. The minimum absolute atomic E-state index is 0.00654. The fraction of sp³-hybridized carbons (Fsp3) is 0.459. The van der Waals surface area contributed by atoms with Crippen LogP contribution < -0.4 is 22.1 Å². The van der Waals surface area contributed by atoms with Crippen LogP contribution in [-0.4, -0.2) is 75.0 Å². The zero-order valence-corrected chi connectivity index (χ0v) is 29.4. The maximum atomic E-state index is 14.0. The van der Waals surface area contributed by atoms with Crippen molar-refractivity contribution in [2.75, 3.05) is 43.8 Å². The molecule has 0 bridgehead atoms. The number of hydrogen-bond acceptors (Lipinski definition) is 6. The van der Waals surface area contributed by atoms with Gasteiger partial charge in [-0.15, -0.1) is 0 Å². The Balaban J connectivity index is 1.13. The van der Waals surface area contributed by atoms with Crippen molar-refractivity contribution < 1.29 is 22.8 Å². The zero-order valence-electron chi connectivity index (χ0n) is 28.6. The lowest BCUT2D eigenvalue weighted by molar-refractivity contribution is -0.137. The van der Waals surface area contributed by atoms with Crippen molar-refractivity contribution in [2.45, 2.75) is 69.6 Å². The minimum Gasteiger partial charge on any atom is -0.397 e. The molecule has 0 spiro atoms. The number of halogens is 4. The van der Waals surface area contributed by atoms with Gasteiger partial charge in [0.1, 0.15) is 0 Å². The number of nitrogens with one attached hydrogen (secondary N) is 3. The molecule has 3 amide bonds. The Morgan fingerprint density at radius 3 is 2.54 bits per heavy atom. The Morgan fingerprint density at radius 2 is 1.79 bits per heavy atom. The summed E-state index contributed by atoms with van der Waals surface area (Å²) in [7, 11) is 0. The number of urea groups is 1. The summed E-state index contributed by atoms with van der Waals surface area (Å²) in [5, 5.41) is 6.12. The van der Waals surface area contributed by atoms with Gasteiger partial charge in [0.25, 0.3) is 0 Å². The third kappa shape index (κ3) is 7.49. The molecular weight excluding hydrogens is 697 g/mol. The van der Waals surface area contributed by atoms with Crippen LogP contribution >= 0.6 is 11.6 Å². The number of nitrogen functional groups attached to an aromatic ring is 1. The molecule has 7 rings (SSSR count). The number of hydrogen-bond donors (Lipinski definition) is 4. The van der Waals surface area contributed by atoms with Gasteiger partial charge in [-0.3, -0.25) is 14.3 Å². The molecule has 0 saturated carbocycles. The molecule has 2 fully saturated rings. The molecule has 0 aliphatic carbocycles. The molecule has 276 valence electrons. The Hall–Kier alpha value is -4.56. The largest absolute Gasteiger partial charge is 0.418 e. The van der Waals surface area contributed by atoms with Crippen LogP contribution in [0.1, 0.15) is 60.4 Å². The fourth-order valence-electron chi connectivity index (χ4n) is 8.00. The average Bonchev–Trinajstić information content (AvgIpc) is 3.33. The molecule has 0 radical (unpaired) electrons. The first-order chi connectivity index (χ1) is 25.0. The number of imidazole rings is 1. The standard InChI is InChI=1S/C37H42ClF3N8O3/c38-28-19-23(18-27(32(28)42)37(39,40)41)17-25(33-34-30(7-13-44-33)49(36(52)46-34)21-22-5-11-43-12-6-22)20-31(50)47-14-9-26(10-15-47)48-16-8-24-3-1-2-4-29(24)45-35(48)51/h1-4,7,13,18-19,22,25-26,43H,5-6,8-12,14-17,20-21,42H2,(H,45,51)(H,46,52). The van der Waals surface area contributed by atoms with Gasteiger partial charge in [-0.2, -0.15) is 13.2 Å². The molecule has 52 heavy (non-hydrogen) atoms. The second-order valence-corrected chi connectivity index (χ2v) is 14.5. The number of likely N-dealkylation sites (tertiary alicyclic amines) is 1. The topological polar surface area (TPSA) is 141 Å². The van der Waals surface area contributed by atoms with E-state index < -0.39 is 23.3 Å². The molecule has 11 nitrogen and oxygen atoms in total. The summed E-state index contributed by atoms with van der Waals surface area (Å²) in [5.41, 5.74) is 7.47. The highest BCUT2D eigenvalue weighted by Gasteiger charge is 2.36. The number of alkyl halides is 3. The molecule has 1 unspecified atom stereocenters. The molecule has 3 aliphatic heterocycles. The lowest BCUT2D eigenvalue weighted by Gasteiger charge is -2.38. The number of amides is 3. The van der Waals surface area contributed by atoms with E-state index in [-0.39, 0.29) is 47.1 Å². The smallest absolute Gasteiger partial charge is 0.397 e. The highest BCUT2D eigenvalue weighted by Crippen LogP contribution is 2.39. The van der Waals surface area contributed by atoms with Crippen LogP contribution in [0, 0.1) is 5.92 Å². The number of pyridine rings is 1. The molecule has 5 N–H and O–H groups in total. The molecule has 2 aromatic carbocycles. The Kier molecular flexibility index (Phi) is 10.2. The summed E-state index contributed by atoms with van der Waals surface area (Å²) in [6.07, 6.45) is 0.527. The van der Waals surface area contributed by atoms with Crippen molar-refractivity contribution in [3.05, 3.63) is 86.6 Å². The van der Waals surface area contributed by atoms with Gasteiger partial charge in [0, 0.05) is 56.4 Å². The predicted molar refractivity (Wildman–Crippen MR) is 193 cm³/mol. The number of H-pyrrole nitrogens is 1. The molecule has 5 heterocycles. The molecule has 15 heteroatoms. The summed E-state index contributed by atoms with van der Waals surface area (Å²) >= 11 is 6.21. The van der Waals surface area contributed by atoms with Crippen LogP contribution in [0.3, 0.4) is 0 Å². The summed E-state index contributed by atoms with van der Waals surface area (Å²) in [4.78, 5) is 51.7. The van der Waals surface area contributed by atoms with Crippen molar-refractivity contribution in [3.63, 3.8) is 0 Å². The number of piperidine rings is 2. The molecule has 2 aromatic heterocycles. The van der Waals surface area contributed by atoms with E-state index in [1.807, 2.05) is 29.2 Å². The second-order valence-electron chi connectivity index (χ2n) is 14.1. The summed E-state index contributed by atoms with van der Waals surface area (Å²) in [5.74, 6) is -0.581. The van der Waals surface area contributed by atoms with E-state index in [1.165, 1.54) is 6.07 Å². The lowest BCUT2D eigenvalue weighted by atomic mass is 9.90. The summed E-state index contributed by atoms with van der Waals surface area (Å²) in [6, 6.07) is 11.7. The number of carbonyl (C=O) groups is 2. The second kappa shape index (κ2) is 14.8. The van der Waals surface area contributed by atoms with E-state index in [0.29, 0.717) is 61.7 Å². The number of benzene rings is 2. The van der Waals surface area contributed by atoms with Gasteiger partial charge in [-0.05, 0) is 92.9 Å². The van der Waals surface area contributed by atoms with Crippen LogP contribution in [0.5, 0.6) is 0 Å². The highest BCUT2D eigenvalue weighted by atomic mass is 35.5. The quantitative estimate of drug-likeness (QED) is 0.169. The highest BCUT2D eigenvalue weighted by molar-refractivity contribution is 6.33. The van der Waals surface area contributed by atoms with Crippen molar-refractivity contribution in [2.24, 2.45) is 5.92 Å². The summed E-state index contributed by atoms with van der Waals surface area (Å²) in [6.45, 7) is 3.67. The number of nitrogens with zero attached hydrogens (tertiary/aromatic N) is 4. The molecule has 2 saturated heterocycles. The number of anilines is 2. The van der Waals surface area contributed by atoms with Gasteiger partial charge in [0.05, 0.1) is 33.0 Å². The van der Waals surface area contributed by atoms with Gasteiger partial charge in [0.2, 0.25) is 5.91 Å². The van der Waals surface area contributed by atoms with Crippen LogP contribution in [0.25, 0.3) is 11.0 Å². The van der Waals surface area contributed by atoms with Gasteiger partial charge >= 0.3 is 17.9 Å². The van der Waals surface area contributed by atoms with Gasteiger partial charge in [0.15, 0.2) is 0 Å². The Morgan fingerprint density at radius 1 is 1.04 bits per heavy atom. The first-order valence-electron chi connectivity index (χ1n) is 17.8. The molecule has 1 atom stereocenters. The number of rotatable bonds is 8. The molecule has 3 aliphatic rings. The fourth-order valence-corrected chi connectivity index (χ4v) is 8.24. The van der Waals surface area contributed by atoms with Crippen molar-refractivity contribution in [1.82, 2.24) is 29.7 Å². The maximum Gasteiger partial charge on any atom is 0.418 e. The Bertz CT molecular complexity index is 2020. The van der Waals surface area contributed by atoms with Gasteiger partial charge < -0.3 is 31.2 Å². The minimum atomic E-state index is -4.73. The van der Waals surface area contributed by atoms with E-state index in [2.05, 4.69) is 20.6 Å². The molecule has 4 aromatic rings. The number of nitrogens with two attached hydrogens (primary N) is 1. The first kappa shape index (κ1) is 35.8. The maximum absolute atomic E-state index is 14.0. The van der Waals surface area contributed by atoms with Gasteiger partial charge in [-0.1, -0.05) is 29.8 Å². The monoisotopic (exact) mass is 738 g/mol. The normalized spacial score (nSPS) is 18.3. The third-order valence-corrected chi connectivity index (χ3v) is 11.1. The first-order valence-corrected chi connectivity index (χ1v) is 18.2. The van der Waals surface area contributed by atoms with E-state index in [0.717, 1.165) is 49.7 Å². The number of aromatic amines is 1. The van der Waals surface area contributed by atoms with Crippen molar-refractivity contribution in [1.29, 1.82) is 0 Å². The third-order valence-electron chi connectivity index (χ3n) is 10.8. The predicted octanol–water partition coefficient (Wildman–Crippen LogP) is 5.78. The number of aromatic nitrogens is 3. The number of fused-ring (bicyclic) bond motifs is 2. The lowest BCUT2D eigenvalue weighted by Crippen LogP contribution is -2.50. The summed E-state index contributed by atoms with van der Waals surface area (Å²) < 4.78 is 43.6. The van der Waals surface area contributed by atoms with Crippen LogP contribution in [0.15, 0.2) is 53.5 Å². The average molecular weight is 739 g/mol. The Labute approximate surface area is 303 Å². The number of carbonyl (C=O) groups excluding carboxylic acids is 2. The van der Waals surface area contributed by atoms with Crippen LogP contribution in [-0.2, 0) is 30.4 Å². The van der Waals surface area contributed by atoms with E-state index in [4.69, 9.17) is 17.3 Å². The van der Waals surface area contributed by atoms with E-state index in [1.54, 1.807) is 21.7 Å². The SMILES string of the molecule is Nc1c(Cl)cc(CC(CC(=O)N2CCC(N3CCc4ccccc4NC3=O)CC2)c2nccc3c2[nH]c(=O)n3CC2CCNCC2)cc1C(F)(F)F.